The number of aryl methyl sites for hydroxylation is 1. The second kappa shape index (κ2) is 10.1. The lowest BCUT2D eigenvalue weighted by Gasteiger charge is -2.34. The summed E-state index contributed by atoms with van der Waals surface area (Å²) < 4.78 is 10.7. The Bertz CT molecular complexity index is 1270. The molecule has 188 valence electrons. The lowest BCUT2D eigenvalue weighted by atomic mass is 10.0. The van der Waals surface area contributed by atoms with Gasteiger partial charge in [0.1, 0.15) is 0 Å². The van der Waals surface area contributed by atoms with Crippen LogP contribution in [-0.2, 0) is 16.0 Å². The zero-order valence-electron chi connectivity index (χ0n) is 20.8. The van der Waals surface area contributed by atoms with Crippen molar-refractivity contribution in [3.63, 3.8) is 0 Å². The maximum absolute atomic E-state index is 13.3. The van der Waals surface area contributed by atoms with Gasteiger partial charge in [-0.25, -0.2) is 4.90 Å². The fourth-order valence-corrected chi connectivity index (χ4v) is 5.08. The van der Waals surface area contributed by atoms with Gasteiger partial charge in [0, 0.05) is 18.7 Å². The Morgan fingerprint density at radius 3 is 2.47 bits per heavy atom. The molecule has 2 saturated heterocycles. The van der Waals surface area contributed by atoms with E-state index >= 15 is 0 Å². The molecule has 2 fully saturated rings. The van der Waals surface area contributed by atoms with E-state index in [1.54, 1.807) is 19.0 Å². The summed E-state index contributed by atoms with van der Waals surface area (Å²) in [6.45, 7) is 3.40. The second-order valence-corrected chi connectivity index (χ2v) is 9.04. The zero-order valence-corrected chi connectivity index (χ0v) is 20.8. The van der Waals surface area contributed by atoms with Crippen molar-refractivity contribution in [1.29, 1.82) is 0 Å². The van der Waals surface area contributed by atoms with E-state index in [1.165, 1.54) is 4.90 Å². The summed E-state index contributed by atoms with van der Waals surface area (Å²) in [6.07, 6.45) is 2.52. The molecular formula is C26H30N6O4. The number of piperidine rings is 1. The fraction of sp³-hybridized carbons (Fsp3) is 0.423. The van der Waals surface area contributed by atoms with Crippen molar-refractivity contribution in [2.45, 2.75) is 44.7 Å². The molecule has 0 N–H and O–H groups in total. The van der Waals surface area contributed by atoms with Crippen LogP contribution in [0.2, 0.25) is 0 Å². The third kappa shape index (κ3) is 4.32. The number of ether oxygens (including phenoxy) is 2. The van der Waals surface area contributed by atoms with E-state index in [-0.39, 0.29) is 24.3 Å². The second-order valence-electron chi connectivity index (χ2n) is 9.04. The van der Waals surface area contributed by atoms with Crippen molar-refractivity contribution < 1.29 is 19.1 Å². The van der Waals surface area contributed by atoms with Crippen LogP contribution in [0.15, 0.2) is 42.5 Å². The van der Waals surface area contributed by atoms with E-state index in [9.17, 15) is 9.59 Å². The lowest BCUT2D eigenvalue weighted by molar-refractivity contribution is -0.123. The maximum Gasteiger partial charge on any atom is 0.251 e. The number of benzene rings is 2. The predicted octanol–water partition coefficient (Wildman–Crippen LogP) is 2.89. The van der Waals surface area contributed by atoms with Gasteiger partial charge in [-0.2, -0.15) is 4.80 Å². The number of methoxy groups -OCH3 is 2. The Kier molecular flexibility index (Phi) is 6.69. The Hall–Kier alpha value is -3.79. The van der Waals surface area contributed by atoms with Crippen LogP contribution in [0.25, 0.3) is 11.4 Å². The van der Waals surface area contributed by atoms with E-state index in [1.807, 2.05) is 49.4 Å². The molecule has 0 aliphatic carbocycles. The number of hydrogen-bond donors (Lipinski definition) is 0. The predicted molar refractivity (Wildman–Crippen MR) is 133 cm³/mol. The standard InChI is InChI=1S/C26H30N6O4/c1-4-17-7-5-6-8-20(17)31-24(33)16-21(26(31)34)30-13-11-19(12-14-30)32-28-25(27-29-32)18-9-10-22(35-2)23(15-18)36-3/h5-10,15,19,21H,4,11-14,16H2,1-3H3/t21-/m1/s1. The molecule has 5 rings (SSSR count). The summed E-state index contributed by atoms with van der Waals surface area (Å²) in [4.78, 5) is 31.3. The average molecular weight is 491 g/mol. The highest BCUT2D eigenvalue weighted by Crippen LogP contribution is 2.33. The van der Waals surface area contributed by atoms with E-state index in [0.29, 0.717) is 36.1 Å². The molecule has 36 heavy (non-hydrogen) atoms. The van der Waals surface area contributed by atoms with Gasteiger partial charge in [-0.05, 0) is 54.3 Å². The first-order valence-electron chi connectivity index (χ1n) is 12.2. The zero-order chi connectivity index (χ0) is 25.2. The number of amides is 2. The van der Waals surface area contributed by atoms with Gasteiger partial charge >= 0.3 is 0 Å². The van der Waals surface area contributed by atoms with Gasteiger partial charge in [0.2, 0.25) is 11.7 Å². The Balaban J connectivity index is 1.25. The number of para-hydroxylation sites is 1. The van der Waals surface area contributed by atoms with Crippen LogP contribution in [-0.4, -0.2) is 70.3 Å². The molecule has 0 bridgehead atoms. The summed E-state index contributed by atoms with van der Waals surface area (Å²) in [5.41, 5.74) is 2.50. The number of anilines is 1. The number of nitrogens with zero attached hydrogens (tertiary/aromatic N) is 6. The third-order valence-electron chi connectivity index (χ3n) is 7.07. The smallest absolute Gasteiger partial charge is 0.251 e. The Morgan fingerprint density at radius 1 is 1.00 bits per heavy atom. The SMILES string of the molecule is CCc1ccccc1N1C(=O)C[C@@H](N2CCC(n3nnc(-c4ccc(OC)c(OC)c4)n3)CC2)C1=O. The first kappa shape index (κ1) is 23.9. The first-order valence-corrected chi connectivity index (χ1v) is 12.2. The largest absolute Gasteiger partial charge is 0.493 e. The molecule has 0 unspecified atom stereocenters. The van der Waals surface area contributed by atoms with Crippen LogP contribution in [0.3, 0.4) is 0 Å². The van der Waals surface area contributed by atoms with Gasteiger partial charge in [0.05, 0.1) is 38.4 Å². The molecule has 10 heteroatoms. The average Bonchev–Trinajstić information content (AvgIpc) is 3.53. The monoisotopic (exact) mass is 490 g/mol. The summed E-state index contributed by atoms with van der Waals surface area (Å²) in [5.74, 6) is 1.49. The molecule has 2 aliphatic rings. The highest BCUT2D eigenvalue weighted by atomic mass is 16.5. The molecule has 0 saturated carbocycles. The molecule has 3 aromatic rings. The number of carbonyl (C=O) groups excluding carboxylic acids is 2. The van der Waals surface area contributed by atoms with E-state index in [2.05, 4.69) is 20.3 Å². The molecule has 2 aromatic carbocycles. The Labute approximate surface area is 209 Å². The minimum absolute atomic E-state index is 0.0757. The van der Waals surface area contributed by atoms with Gasteiger partial charge in [-0.15, -0.1) is 10.2 Å². The number of aromatic nitrogens is 4. The van der Waals surface area contributed by atoms with Gasteiger partial charge in [0.15, 0.2) is 11.5 Å². The molecule has 1 atom stereocenters. The minimum Gasteiger partial charge on any atom is -0.493 e. The molecular weight excluding hydrogens is 460 g/mol. The normalized spacial score (nSPS) is 19.2. The molecule has 0 radical (unpaired) electrons. The summed E-state index contributed by atoms with van der Waals surface area (Å²) in [6, 6.07) is 12.8. The first-order chi connectivity index (χ1) is 17.5. The van der Waals surface area contributed by atoms with E-state index in [0.717, 1.165) is 30.4 Å². The number of tetrazole rings is 1. The summed E-state index contributed by atoms with van der Waals surface area (Å²) in [5, 5.41) is 13.1. The van der Waals surface area contributed by atoms with Crippen molar-refractivity contribution in [1.82, 2.24) is 25.1 Å². The molecule has 10 nitrogen and oxygen atoms in total. The molecule has 2 amide bonds. The van der Waals surface area contributed by atoms with E-state index in [4.69, 9.17) is 9.47 Å². The van der Waals surface area contributed by atoms with Crippen LogP contribution in [0.1, 0.15) is 37.8 Å². The maximum atomic E-state index is 13.3. The van der Waals surface area contributed by atoms with Crippen molar-refractivity contribution in [2.24, 2.45) is 0 Å². The van der Waals surface area contributed by atoms with Gasteiger partial charge < -0.3 is 9.47 Å². The van der Waals surface area contributed by atoms with Crippen molar-refractivity contribution in [3.8, 4) is 22.9 Å². The van der Waals surface area contributed by atoms with Crippen LogP contribution in [0.4, 0.5) is 5.69 Å². The number of hydrogen-bond acceptors (Lipinski definition) is 8. The van der Waals surface area contributed by atoms with Gasteiger partial charge in [-0.1, -0.05) is 25.1 Å². The van der Waals surface area contributed by atoms with Gasteiger partial charge in [0.25, 0.3) is 5.91 Å². The molecule has 2 aliphatic heterocycles. The topological polar surface area (TPSA) is 103 Å². The van der Waals surface area contributed by atoms with Crippen molar-refractivity contribution in [2.75, 3.05) is 32.2 Å². The van der Waals surface area contributed by atoms with Crippen LogP contribution in [0.5, 0.6) is 11.5 Å². The van der Waals surface area contributed by atoms with Crippen LogP contribution < -0.4 is 14.4 Å². The fourth-order valence-electron chi connectivity index (χ4n) is 5.08. The molecule has 3 heterocycles. The summed E-state index contributed by atoms with van der Waals surface area (Å²) >= 11 is 0. The number of rotatable bonds is 7. The molecule has 0 spiro atoms. The van der Waals surface area contributed by atoms with E-state index < -0.39 is 6.04 Å². The third-order valence-corrected chi connectivity index (χ3v) is 7.07. The highest BCUT2D eigenvalue weighted by Gasteiger charge is 2.44. The van der Waals surface area contributed by atoms with Crippen molar-refractivity contribution >= 4 is 17.5 Å². The van der Waals surface area contributed by atoms with Crippen LogP contribution in [0, 0.1) is 0 Å². The summed E-state index contributed by atoms with van der Waals surface area (Å²) in [7, 11) is 3.18. The van der Waals surface area contributed by atoms with Gasteiger partial charge in [-0.3, -0.25) is 14.5 Å². The number of imide groups is 1. The minimum atomic E-state index is -0.422. The van der Waals surface area contributed by atoms with Crippen LogP contribution >= 0.6 is 0 Å². The quantitative estimate of drug-likeness (QED) is 0.466. The number of carbonyl (C=O) groups is 2. The lowest BCUT2D eigenvalue weighted by Crippen LogP contribution is -2.46. The van der Waals surface area contributed by atoms with Crippen molar-refractivity contribution in [3.05, 3.63) is 48.0 Å². The highest BCUT2D eigenvalue weighted by molar-refractivity contribution is 6.22. The Morgan fingerprint density at radius 2 is 1.75 bits per heavy atom. The number of likely N-dealkylation sites (tertiary alicyclic amines) is 1. The molecule has 1 aromatic heterocycles.